The van der Waals surface area contributed by atoms with E-state index in [1.807, 2.05) is 19.1 Å². The number of anilines is 1. The molecule has 0 bridgehead atoms. The van der Waals surface area contributed by atoms with Gasteiger partial charge in [-0.1, -0.05) is 29.3 Å². The Balaban J connectivity index is 1.29. The molecular formula is C21H23Cl2N3O3. The summed E-state index contributed by atoms with van der Waals surface area (Å²) < 4.78 is 10.8. The number of nitrogens with zero attached hydrogens (tertiary/aromatic N) is 2. The lowest BCUT2D eigenvalue weighted by Crippen LogP contribution is -2.52. The van der Waals surface area contributed by atoms with Crippen molar-refractivity contribution in [2.75, 3.05) is 38.3 Å². The number of hydrogen-bond donors (Lipinski definition) is 1. The van der Waals surface area contributed by atoms with Gasteiger partial charge in [-0.2, -0.15) is 0 Å². The van der Waals surface area contributed by atoms with E-state index in [4.69, 9.17) is 32.7 Å². The fraction of sp³-hybridized carbons (Fsp3) is 0.381. The van der Waals surface area contributed by atoms with Gasteiger partial charge in [-0.05, 0) is 42.8 Å². The minimum atomic E-state index is -0.236. The Kier molecular flexibility index (Phi) is 6.15. The van der Waals surface area contributed by atoms with Crippen LogP contribution in [-0.4, -0.2) is 54.7 Å². The average molecular weight is 436 g/mol. The molecule has 2 heterocycles. The van der Waals surface area contributed by atoms with Gasteiger partial charge in [-0.15, -0.1) is 0 Å². The molecule has 0 spiro atoms. The molecule has 4 rings (SSSR count). The molecule has 2 aromatic carbocycles. The van der Waals surface area contributed by atoms with E-state index in [1.54, 1.807) is 18.2 Å². The van der Waals surface area contributed by atoms with Gasteiger partial charge in [0.15, 0.2) is 11.5 Å². The second-order valence-corrected chi connectivity index (χ2v) is 8.20. The van der Waals surface area contributed by atoms with E-state index >= 15 is 0 Å². The van der Waals surface area contributed by atoms with Crippen molar-refractivity contribution in [3.05, 3.63) is 52.0 Å². The fourth-order valence-corrected chi connectivity index (χ4v) is 4.17. The Bertz CT molecular complexity index is 880. The summed E-state index contributed by atoms with van der Waals surface area (Å²) in [7, 11) is 0. The number of amides is 1. The van der Waals surface area contributed by atoms with Crippen LogP contribution in [0.3, 0.4) is 0 Å². The molecule has 1 atom stereocenters. The molecule has 6 nitrogen and oxygen atoms in total. The molecule has 0 radical (unpaired) electrons. The van der Waals surface area contributed by atoms with Crippen molar-refractivity contribution in [3.63, 3.8) is 0 Å². The monoisotopic (exact) mass is 435 g/mol. The number of carbonyl (C=O) groups excluding carboxylic acids is 1. The second-order valence-electron chi connectivity index (χ2n) is 7.32. The predicted octanol–water partition coefficient (Wildman–Crippen LogP) is 3.87. The predicted molar refractivity (Wildman–Crippen MR) is 114 cm³/mol. The SMILES string of the molecule is C[C@@H](C(=O)Nc1cc(Cl)cc(Cl)c1)N1CCN(Cc2ccc3c(c2)OCO3)CC1. The van der Waals surface area contributed by atoms with Gasteiger partial charge >= 0.3 is 0 Å². The molecule has 2 aliphatic heterocycles. The van der Waals surface area contributed by atoms with E-state index in [1.165, 1.54) is 5.56 Å². The zero-order chi connectivity index (χ0) is 20.4. The van der Waals surface area contributed by atoms with Crippen molar-refractivity contribution in [3.8, 4) is 11.5 Å². The Morgan fingerprint density at radius 3 is 2.45 bits per heavy atom. The van der Waals surface area contributed by atoms with E-state index in [2.05, 4.69) is 21.2 Å². The van der Waals surface area contributed by atoms with E-state index < -0.39 is 0 Å². The fourth-order valence-electron chi connectivity index (χ4n) is 3.64. The van der Waals surface area contributed by atoms with Crippen molar-refractivity contribution in [2.45, 2.75) is 19.5 Å². The van der Waals surface area contributed by atoms with Crippen molar-refractivity contribution in [1.29, 1.82) is 0 Å². The smallest absolute Gasteiger partial charge is 0.241 e. The minimum Gasteiger partial charge on any atom is -0.454 e. The largest absolute Gasteiger partial charge is 0.454 e. The topological polar surface area (TPSA) is 54.0 Å². The molecule has 8 heteroatoms. The van der Waals surface area contributed by atoms with Crippen LogP contribution in [0.4, 0.5) is 5.69 Å². The first-order valence-electron chi connectivity index (χ1n) is 9.60. The summed E-state index contributed by atoms with van der Waals surface area (Å²) in [6.45, 7) is 6.52. The maximum absolute atomic E-state index is 12.6. The van der Waals surface area contributed by atoms with Gasteiger partial charge in [-0.3, -0.25) is 14.6 Å². The molecular weight excluding hydrogens is 413 g/mol. The summed E-state index contributed by atoms with van der Waals surface area (Å²) in [6.07, 6.45) is 0. The third kappa shape index (κ3) is 4.95. The third-order valence-electron chi connectivity index (χ3n) is 5.31. The van der Waals surface area contributed by atoms with Crippen molar-refractivity contribution < 1.29 is 14.3 Å². The van der Waals surface area contributed by atoms with E-state index in [9.17, 15) is 4.79 Å². The molecule has 0 unspecified atom stereocenters. The lowest BCUT2D eigenvalue weighted by molar-refractivity contribution is -0.121. The number of ether oxygens (including phenoxy) is 2. The molecule has 29 heavy (non-hydrogen) atoms. The number of carbonyl (C=O) groups is 1. The van der Waals surface area contributed by atoms with Crippen LogP contribution < -0.4 is 14.8 Å². The molecule has 1 amide bonds. The van der Waals surface area contributed by atoms with Gasteiger partial charge in [0.25, 0.3) is 0 Å². The van der Waals surface area contributed by atoms with Gasteiger partial charge in [0.2, 0.25) is 12.7 Å². The first kappa shape index (κ1) is 20.3. The molecule has 1 fully saturated rings. The van der Waals surface area contributed by atoms with Crippen molar-refractivity contribution in [1.82, 2.24) is 9.80 Å². The molecule has 2 aromatic rings. The lowest BCUT2D eigenvalue weighted by Gasteiger charge is -2.37. The Morgan fingerprint density at radius 1 is 1.03 bits per heavy atom. The van der Waals surface area contributed by atoms with Crippen LogP contribution in [0.15, 0.2) is 36.4 Å². The highest BCUT2D eigenvalue weighted by molar-refractivity contribution is 6.35. The third-order valence-corrected chi connectivity index (χ3v) is 5.74. The van der Waals surface area contributed by atoms with Crippen LogP contribution >= 0.6 is 23.2 Å². The maximum Gasteiger partial charge on any atom is 0.241 e. The number of hydrogen-bond acceptors (Lipinski definition) is 5. The lowest BCUT2D eigenvalue weighted by atomic mass is 10.1. The molecule has 1 saturated heterocycles. The highest BCUT2D eigenvalue weighted by atomic mass is 35.5. The number of nitrogens with one attached hydrogen (secondary N) is 1. The Hall–Kier alpha value is -1.99. The van der Waals surface area contributed by atoms with Crippen molar-refractivity contribution in [2.24, 2.45) is 0 Å². The summed E-state index contributed by atoms with van der Waals surface area (Å²) in [5.41, 5.74) is 1.81. The van der Waals surface area contributed by atoms with Crippen LogP contribution in [-0.2, 0) is 11.3 Å². The summed E-state index contributed by atoms with van der Waals surface area (Å²) in [5.74, 6) is 1.56. The highest BCUT2D eigenvalue weighted by Crippen LogP contribution is 2.33. The number of piperazine rings is 1. The van der Waals surface area contributed by atoms with E-state index in [-0.39, 0.29) is 11.9 Å². The van der Waals surface area contributed by atoms with Crippen LogP contribution in [0.1, 0.15) is 12.5 Å². The zero-order valence-corrected chi connectivity index (χ0v) is 17.7. The van der Waals surface area contributed by atoms with Crippen LogP contribution in [0.5, 0.6) is 11.5 Å². The standard InChI is InChI=1S/C21H23Cl2N3O3/c1-14(21(27)24-18-10-16(22)9-17(23)11-18)26-6-4-25(5-7-26)12-15-2-3-19-20(8-15)29-13-28-19/h2-3,8-11,14H,4-7,12-13H2,1H3,(H,24,27)/t14-/m0/s1. The van der Waals surface area contributed by atoms with Crippen LogP contribution in [0.25, 0.3) is 0 Å². The summed E-state index contributed by atoms with van der Waals surface area (Å²) in [4.78, 5) is 17.2. The summed E-state index contributed by atoms with van der Waals surface area (Å²) >= 11 is 12.0. The summed E-state index contributed by atoms with van der Waals surface area (Å²) in [6, 6.07) is 10.9. The second kappa shape index (κ2) is 8.79. The minimum absolute atomic E-state index is 0.0624. The summed E-state index contributed by atoms with van der Waals surface area (Å²) in [5, 5.41) is 3.90. The quantitative estimate of drug-likeness (QED) is 0.772. The molecule has 0 aromatic heterocycles. The van der Waals surface area contributed by atoms with Gasteiger partial charge in [0, 0.05) is 48.5 Å². The van der Waals surface area contributed by atoms with Gasteiger partial charge < -0.3 is 14.8 Å². The first-order valence-corrected chi connectivity index (χ1v) is 10.4. The van der Waals surface area contributed by atoms with Gasteiger partial charge in [0.1, 0.15) is 0 Å². The molecule has 1 N–H and O–H groups in total. The average Bonchev–Trinajstić information content (AvgIpc) is 3.15. The number of rotatable bonds is 5. The van der Waals surface area contributed by atoms with E-state index in [0.717, 1.165) is 44.2 Å². The molecule has 0 aliphatic carbocycles. The van der Waals surface area contributed by atoms with Gasteiger partial charge in [-0.25, -0.2) is 0 Å². The Morgan fingerprint density at radius 2 is 1.72 bits per heavy atom. The highest BCUT2D eigenvalue weighted by Gasteiger charge is 2.26. The number of fused-ring (bicyclic) bond motifs is 1. The Labute approximate surface area is 180 Å². The van der Waals surface area contributed by atoms with Crippen LogP contribution in [0.2, 0.25) is 10.0 Å². The first-order chi connectivity index (χ1) is 14.0. The maximum atomic E-state index is 12.6. The number of halogens is 2. The molecule has 0 saturated carbocycles. The normalized spacial score (nSPS) is 17.9. The zero-order valence-electron chi connectivity index (χ0n) is 16.2. The van der Waals surface area contributed by atoms with Gasteiger partial charge in [0.05, 0.1) is 6.04 Å². The molecule has 154 valence electrons. The van der Waals surface area contributed by atoms with E-state index in [0.29, 0.717) is 22.5 Å². The van der Waals surface area contributed by atoms with Crippen LogP contribution in [0, 0.1) is 0 Å². The number of benzene rings is 2. The molecule has 2 aliphatic rings. The van der Waals surface area contributed by atoms with Crippen molar-refractivity contribution >= 4 is 34.8 Å².